The maximum atomic E-state index is 14.1. The van der Waals surface area contributed by atoms with E-state index in [9.17, 15) is 23.1 Å². The van der Waals surface area contributed by atoms with Gasteiger partial charge in [0.05, 0.1) is 12.0 Å². The van der Waals surface area contributed by atoms with E-state index in [4.69, 9.17) is 4.74 Å². The summed E-state index contributed by atoms with van der Waals surface area (Å²) in [5, 5.41) is 12.9. The zero-order valence-corrected chi connectivity index (χ0v) is 17.4. The molecule has 1 aliphatic rings. The SMILES string of the molecule is CC(C)(CC(O)(Cc1c[nH]c2sccc2c1=O)C(F)(F)F)c1cccc2c1OCC2. The van der Waals surface area contributed by atoms with E-state index in [1.54, 1.807) is 37.4 Å². The van der Waals surface area contributed by atoms with Gasteiger partial charge in [0.1, 0.15) is 10.6 Å². The van der Waals surface area contributed by atoms with Gasteiger partial charge < -0.3 is 14.8 Å². The number of aliphatic hydroxyl groups is 1. The highest BCUT2D eigenvalue weighted by Gasteiger charge is 2.56. The molecule has 1 aliphatic heterocycles. The van der Waals surface area contributed by atoms with Gasteiger partial charge in [0.15, 0.2) is 11.0 Å². The molecule has 4 nitrogen and oxygen atoms in total. The van der Waals surface area contributed by atoms with Crippen molar-refractivity contribution in [2.75, 3.05) is 6.61 Å². The Hall–Kier alpha value is -2.32. The molecule has 1 atom stereocenters. The largest absolute Gasteiger partial charge is 0.493 e. The Labute approximate surface area is 175 Å². The number of benzene rings is 1. The van der Waals surface area contributed by atoms with Crippen molar-refractivity contribution in [3.8, 4) is 5.75 Å². The van der Waals surface area contributed by atoms with E-state index < -0.39 is 35.5 Å². The van der Waals surface area contributed by atoms with Crippen LogP contribution in [0.25, 0.3) is 10.2 Å². The molecule has 0 spiro atoms. The van der Waals surface area contributed by atoms with Crippen LogP contribution in [0, 0.1) is 0 Å². The van der Waals surface area contributed by atoms with Crippen molar-refractivity contribution < 1.29 is 23.0 Å². The average molecular weight is 437 g/mol. The van der Waals surface area contributed by atoms with E-state index in [0.717, 1.165) is 5.56 Å². The zero-order chi connectivity index (χ0) is 21.7. The highest BCUT2D eigenvalue weighted by Crippen LogP contribution is 2.46. The van der Waals surface area contributed by atoms with Crippen LogP contribution >= 0.6 is 11.3 Å². The molecule has 3 heterocycles. The number of ether oxygens (including phenoxy) is 1. The van der Waals surface area contributed by atoms with Crippen molar-refractivity contribution in [3.05, 3.63) is 62.8 Å². The van der Waals surface area contributed by atoms with Gasteiger partial charge in [0.2, 0.25) is 0 Å². The Bertz CT molecular complexity index is 1150. The van der Waals surface area contributed by atoms with Gasteiger partial charge in [-0.15, -0.1) is 11.3 Å². The smallest absolute Gasteiger partial charge is 0.417 e. The van der Waals surface area contributed by atoms with Gasteiger partial charge in [-0.3, -0.25) is 4.79 Å². The molecule has 30 heavy (non-hydrogen) atoms. The summed E-state index contributed by atoms with van der Waals surface area (Å²) in [6.45, 7) is 3.81. The van der Waals surface area contributed by atoms with Gasteiger partial charge in [-0.2, -0.15) is 13.2 Å². The standard InChI is InChI=1S/C22H22F3NO3S/c1-20(2,16-5-3-4-13-6-8-29-18(13)16)12-21(28,22(23,24)25)10-14-11-26-19-15(17(14)27)7-9-30-19/h3-5,7,9,11,28H,6,8,10,12H2,1-2H3,(H,26,27). The molecule has 0 bridgehead atoms. The lowest BCUT2D eigenvalue weighted by molar-refractivity contribution is -0.266. The van der Waals surface area contributed by atoms with Crippen LogP contribution in [-0.2, 0) is 18.3 Å². The van der Waals surface area contributed by atoms with Crippen molar-refractivity contribution in [2.45, 2.75) is 50.3 Å². The number of para-hydroxylation sites is 1. The summed E-state index contributed by atoms with van der Waals surface area (Å²) < 4.78 is 48.0. The van der Waals surface area contributed by atoms with Gasteiger partial charge >= 0.3 is 6.18 Å². The minimum atomic E-state index is -4.92. The van der Waals surface area contributed by atoms with Gasteiger partial charge in [-0.1, -0.05) is 32.0 Å². The fourth-order valence-corrected chi connectivity index (χ4v) is 5.03. The van der Waals surface area contributed by atoms with Crippen LogP contribution in [0.2, 0.25) is 0 Å². The van der Waals surface area contributed by atoms with Crippen molar-refractivity contribution >= 4 is 21.6 Å². The second-order valence-corrected chi connectivity index (χ2v) is 9.38. The van der Waals surface area contributed by atoms with Crippen LogP contribution in [-0.4, -0.2) is 28.5 Å². The molecule has 0 aliphatic carbocycles. The summed E-state index contributed by atoms with van der Waals surface area (Å²) in [5.74, 6) is 0.601. The Kier molecular flexibility index (Phi) is 4.97. The number of rotatable bonds is 5. The van der Waals surface area contributed by atoms with Crippen LogP contribution in [0.1, 0.15) is 37.0 Å². The number of nitrogens with one attached hydrogen (secondary N) is 1. The van der Waals surface area contributed by atoms with Crippen molar-refractivity contribution in [2.24, 2.45) is 0 Å². The highest BCUT2D eigenvalue weighted by atomic mass is 32.1. The van der Waals surface area contributed by atoms with Crippen LogP contribution in [0.3, 0.4) is 0 Å². The maximum absolute atomic E-state index is 14.1. The van der Waals surface area contributed by atoms with E-state index in [1.165, 1.54) is 17.5 Å². The molecular formula is C22H22F3NO3S. The van der Waals surface area contributed by atoms with Gasteiger partial charge in [-0.05, 0) is 28.8 Å². The van der Waals surface area contributed by atoms with E-state index in [0.29, 0.717) is 34.6 Å². The Morgan fingerprint density at radius 1 is 1.23 bits per heavy atom. The molecule has 1 unspecified atom stereocenters. The average Bonchev–Trinajstić information content (AvgIpc) is 3.31. The predicted molar refractivity (Wildman–Crippen MR) is 110 cm³/mol. The molecule has 2 N–H and O–H groups in total. The molecule has 8 heteroatoms. The fourth-order valence-electron chi connectivity index (χ4n) is 4.27. The van der Waals surface area contributed by atoms with Crippen molar-refractivity contribution in [3.63, 3.8) is 0 Å². The van der Waals surface area contributed by atoms with Gasteiger partial charge in [0.25, 0.3) is 0 Å². The van der Waals surface area contributed by atoms with E-state index in [2.05, 4.69) is 4.98 Å². The number of hydrogen-bond acceptors (Lipinski definition) is 4. The molecule has 0 saturated carbocycles. The lowest BCUT2D eigenvalue weighted by Crippen LogP contribution is -2.51. The number of fused-ring (bicyclic) bond motifs is 2. The van der Waals surface area contributed by atoms with Gasteiger partial charge in [0, 0.05) is 30.2 Å². The summed E-state index contributed by atoms with van der Waals surface area (Å²) in [5.41, 5.74) is -3.12. The van der Waals surface area contributed by atoms with Crippen LogP contribution in [0.4, 0.5) is 13.2 Å². The number of H-pyrrole nitrogens is 1. The number of thiophene rings is 1. The molecule has 0 amide bonds. The Morgan fingerprint density at radius 2 is 2.00 bits per heavy atom. The zero-order valence-electron chi connectivity index (χ0n) is 16.6. The molecular weight excluding hydrogens is 415 g/mol. The third-order valence-corrected chi connectivity index (χ3v) is 6.61. The first-order valence-corrected chi connectivity index (χ1v) is 10.5. The lowest BCUT2D eigenvalue weighted by Gasteiger charge is -2.38. The van der Waals surface area contributed by atoms with E-state index >= 15 is 0 Å². The van der Waals surface area contributed by atoms with Crippen LogP contribution < -0.4 is 10.2 Å². The third kappa shape index (κ3) is 3.52. The molecule has 4 rings (SSSR count). The first-order valence-electron chi connectivity index (χ1n) is 9.64. The third-order valence-electron chi connectivity index (χ3n) is 5.77. The minimum absolute atomic E-state index is 0.0916. The number of alkyl halides is 3. The molecule has 0 radical (unpaired) electrons. The number of hydrogen-bond donors (Lipinski definition) is 2. The van der Waals surface area contributed by atoms with Crippen molar-refractivity contribution in [1.29, 1.82) is 0 Å². The second kappa shape index (κ2) is 7.13. The molecule has 1 aromatic carbocycles. The normalized spacial score (nSPS) is 16.3. The second-order valence-electron chi connectivity index (χ2n) is 8.47. The van der Waals surface area contributed by atoms with Crippen LogP contribution in [0.5, 0.6) is 5.75 Å². The summed E-state index contributed by atoms with van der Waals surface area (Å²) in [7, 11) is 0. The monoisotopic (exact) mass is 437 g/mol. The van der Waals surface area contributed by atoms with Gasteiger partial charge in [-0.25, -0.2) is 0 Å². The molecule has 0 saturated heterocycles. The number of pyridine rings is 1. The summed E-state index contributed by atoms with van der Waals surface area (Å²) in [4.78, 5) is 16.1. The topological polar surface area (TPSA) is 62.3 Å². The first-order chi connectivity index (χ1) is 14.0. The summed E-state index contributed by atoms with van der Waals surface area (Å²) in [6.07, 6.45) is -4.37. The molecule has 160 valence electrons. The number of aromatic amines is 1. The van der Waals surface area contributed by atoms with Crippen molar-refractivity contribution in [1.82, 2.24) is 4.98 Å². The lowest BCUT2D eigenvalue weighted by atomic mass is 9.72. The van der Waals surface area contributed by atoms with E-state index in [1.807, 2.05) is 6.07 Å². The predicted octanol–water partition coefficient (Wildman–Crippen LogP) is 4.73. The molecule has 2 aromatic heterocycles. The first kappa shape index (κ1) is 20.9. The highest BCUT2D eigenvalue weighted by molar-refractivity contribution is 7.16. The number of halogens is 3. The van der Waals surface area contributed by atoms with Crippen LogP contribution in [0.15, 0.2) is 40.6 Å². The van der Waals surface area contributed by atoms with E-state index in [-0.39, 0.29) is 5.56 Å². The Morgan fingerprint density at radius 3 is 2.73 bits per heavy atom. The Balaban J connectivity index is 1.73. The summed E-state index contributed by atoms with van der Waals surface area (Å²) >= 11 is 1.30. The number of aromatic nitrogens is 1. The fraction of sp³-hybridized carbons (Fsp3) is 0.409. The summed E-state index contributed by atoms with van der Waals surface area (Å²) in [6, 6.07) is 7.01. The molecule has 3 aromatic rings. The molecule has 0 fully saturated rings. The maximum Gasteiger partial charge on any atom is 0.417 e. The quantitative estimate of drug-likeness (QED) is 0.607. The minimum Gasteiger partial charge on any atom is -0.493 e.